The van der Waals surface area contributed by atoms with Crippen molar-refractivity contribution in [3.63, 3.8) is 0 Å². The van der Waals surface area contributed by atoms with Crippen molar-refractivity contribution in [1.82, 2.24) is 4.98 Å². The van der Waals surface area contributed by atoms with Gasteiger partial charge in [0.25, 0.3) is 9.05 Å². The molecule has 1 aromatic heterocycles. The summed E-state index contributed by atoms with van der Waals surface area (Å²) >= 11 is 0. The van der Waals surface area contributed by atoms with E-state index in [1.165, 1.54) is 12.3 Å². The number of hydrogen-bond donors (Lipinski definition) is 1. The summed E-state index contributed by atoms with van der Waals surface area (Å²) in [4.78, 5) is 13.4. The molecule has 0 saturated carbocycles. The van der Waals surface area contributed by atoms with Crippen LogP contribution in [0, 0.1) is 0 Å². The average Bonchev–Trinajstić information content (AvgIpc) is 2.59. The largest absolute Gasteiger partial charge is 0.360 e. The number of aldehydes is 1. The molecule has 0 amide bonds. The molecule has 0 aliphatic rings. The Balaban J connectivity index is 2.95. The Labute approximate surface area is 90.3 Å². The van der Waals surface area contributed by atoms with Crippen molar-refractivity contribution >= 4 is 36.9 Å². The van der Waals surface area contributed by atoms with Crippen LogP contribution in [0.2, 0.25) is 0 Å². The highest BCUT2D eigenvalue weighted by Crippen LogP contribution is 2.27. The molecule has 0 bridgehead atoms. The second-order valence-corrected chi connectivity index (χ2v) is 5.51. The fourth-order valence-corrected chi connectivity index (χ4v) is 2.51. The third-order valence-corrected chi connectivity index (χ3v) is 3.44. The summed E-state index contributed by atoms with van der Waals surface area (Å²) in [5.41, 5.74) is 0.867. The summed E-state index contributed by atoms with van der Waals surface area (Å²) in [6.07, 6.45) is 1.88. The lowest BCUT2D eigenvalue weighted by molar-refractivity contribution is 0.112. The molecule has 2 rings (SSSR count). The van der Waals surface area contributed by atoms with Gasteiger partial charge >= 0.3 is 0 Å². The maximum absolute atomic E-state index is 11.2. The number of carbonyl (C=O) groups excluding carboxylic acids is 1. The van der Waals surface area contributed by atoms with Crippen LogP contribution >= 0.6 is 10.7 Å². The van der Waals surface area contributed by atoms with Crippen LogP contribution in [-0.2, 0) is 9.05 Å². The predicted molar refractivity (Wildman–Crippen MR) is 56.7 cm³/mol. The van der Waals surface area contributed by atoms with Crippen LogP contribution in [0.15, 0.2) is 29.3 Å². The van der Waals surface area contributed by atoms with Gasteiger partial charge in [-0.2, -0.15) is 0 Å². The molecule has 0 atom stereocenters. The van der Waals surface area contributed by atoms with Crippen LogP contribution < -0.4 is 0 Å². The van der Waals surface area contributed by atoms with E-state index in [1.54, 1.807) is 12.1 Å². The number of hydrogen-bond acceptors (Lipinski definition) is 3. The summed E-state index contributed by atoms with van der Waals surface area (Å²) in [6, 6.07) is 4.87. The van der Waals surface area contributed by atoms with Crippen LogP contribution in [0.1, 0.15) is 10.4 Å². The molecule has 0 fully saturated rings. The molecule has 4 nitrogen and oxygen atoms in total. The van der Waals surface area contributed by atoms with E-state index in [4.69, 9.17) is 10.7 Å². The number of rotatable bonds is 2. The number of aromatic nitrogens is 1. The van der Waals surface area contributed by atoms with Crippen molar-refractivity contribution in [2.75, 3.05) is 0 Å². The molecule has 1 heterocycles. The average molecular weight is 244 g/mol. The molecule has 0 radical (unpaired) electrons. The van der Waals surface area contributed by atoms with Gasteiger partial charge in [-0.25, -0.2) is 8.42 Å². The molecule has 1 aromatic carbocycles. The fourth-order valence-electron chi connectivity index (χ4n) is 1.47. The third kappa shape index (κ3) is 1.64. The molecule has 0 aliphatic carbocycles. The minimum atomic E-state index is -3.84. The van der Waals surface area contributed by atoms with Crippen LogP contribution in [0.3, 0.4) is 0 Å². The van der Waals surface area contributed by atoms with Gasteiger partial charge in [-0.1, -0.05) is 12.1 Å². The predicted octanol–water partition coefficient (Wildman–Crippen LogP) is 1.91. The fraction of sp³-hybridized carbons (Fsp3) is 0. The molecule has 0 saturated heterocycles. The van der Waals surface area contributed by atoms with Crippen molar-refractivity contribution in [2.45, 2.75) is 4.90 Å². The highest BCUT2D eigenvalue weighted by atomic mass is 35.7. The summed E-state index contributed by atoms with van der Waals surface area (Å²) in [6.45, 7) is 0. The highest BCUT2D eigenvalue weighted by Gasteiger charge is 2.18. The Morgan fingerprint density at radius 3 is 2.67 bits per heavy atom. The zero-order valence-electron chi connectivity index (χ0n) is 7.40. The van der Waals surface area contributed by atoms with E-state index in [0.717, 1.165) is 0 Å². The molecular weight excluding hydrogens is 238 g/mol. The minimum Gasteiger partial charge on any atom is -0.360 e. The Bertz CT molecular complexity index is 630. The molecule has 15 heavy (non-hydrogen) atoms. The summed E-state index contributed by atoms with van der Waals surface area (Å²) < 4.78 is 22.4. The number of fused-ring (bicyclic) bond motifs is 1. The smallest absolute Gasteiger partial charge is 0.263 e. The van der Waals surface area contributed by atoms with E-state index < -0.39 is 9.05 Å². The van der Waals surface area contributed by atoms with Crippen molar-refractivity contribution in [3.8, 4) is 0 Å². The van der Waals surface area contributed by atoms with E-state index in [-0.39, 0.29) is 4.90 Å². The Kier molecular flexibility index (Phi) is 2.28. The quantitative estimate of drug-likeness (QED) is 0.647. The molecule has 1 N–H and O–H groups in total. The Morgan fingerprint density at radius 1 is 1.33 bits per heavy atom. The minimum absolute atomic E-state index is 0.0677. The van der Waals surface area contributed by atoms with Gasteiger partial charge in [0.05, 0.1) is 0 Å². The van der Waals surface area contributed by atoms with Crippen LogP contribution in [0.5, 0.6) is 0 Å². The number of benzene rings is 1. The molecule has 0 aliphatic heterocycles. The standard InChI is InChI=1S/C9H6ClNO3S/c10-15(13,14)8-4-11-7-3-1-2-6(5-12)9(7)8/h1-5,11H. The number of H-pyrrole nitrogens is 1. The van der Waals surface area contributed by atoms with Gasteiger partial charge in [0, 0.05) is 33.3 Å². The first kappa shape index (κ1) is 10.2. The zero-order chi connectivity index (χ0) is 11.1. The second-order valence-electron chi connectivity index (χ2n) is 2.98. The topological polar surface area (TPSA) is 67.0 Å². The maximum atomic E-state index is 11.2. The normalized spacial score (nSPS) is 11.8. The van der Waals surface area contributed by atoms with E-state index in [1.807, 2.05) is 0 Å². The van der Waals surface area contributed by atoms with Crippen molar-refractivity contribution in [2.24, 2.45) is 0 Å². The zero-order valence-corrected chi connectivity index (χ0v) is 8.97. The number of halogens is 1. The second kappa shape index (κ2) is 3.36. The molecule has 78 valence electrons. The van der Waals surface area contributed by atoms with Gasteiger partial charge in [0.1, 0.15) is 4.90 Å². The van der Waals surface area contributed by atoms with E-state index in [9.17, 15) is 13.2 Å². The van der Waals surface area contributed by atoms with E-state index in [0.29, 0.717) is 22.8 Å². The molecule has 0 spiro atoms. The number of nitrogens with one attached hydrogen (secondary N) is 1. The van der Waals surface area contributed by atoms with Gasteiger partial charge in [-0.05, 0) is 6.07 Å². The molecule has 0 unspecified atom stereocenters. The first-order valence-corrected chi connectivity index (χ1v) is 6.35. The summed E-state index contributed by atoms with van der Waals surface area (Å²) in [7, 11) is 1.41. The van der Waals surface area contributed by atoms with Gasteiger partial charge in [-0.15, -0.1) is 0 Å². The first-order chi connectivity index (χ1) is 7.04. The van der Waals surface area contributed by atoms with Crippen LogP contribution in [0.25, 0.3) is 10.9 Å². The van der Waals surface area contributed by atoms with Crippen molar-refractivity contribution < 1.29 is 13.2 Å². The Morgan fingerprint density at radius 2 is 2.07 bits per heavy atom. The molecular formula is C9H6ClNO3S. The third-order valence-electron chi connectivity index (χ3n) is 2.09. The molecule has 2 aromatic rings. The SMILES string of the molecule is O=Cc1cccc2[nH]cc(S(=O)(=O)Cl)c12. The lowest BCUT2D eigenvalue weighted by atomic mass is 10.1. The summed E-state index contributed by atoms with van der Waals surface area (Å²) in [5.74, 6) is 0. The van der Waals surface area contributed by atoms with Gasteiger partial charge < -0.3 is 4.98 Å². The van der Waals surface area contributed by atoms with Gasteiger partial charge in [0.2, 0.25) is 0 Å². The van der Waals surface area contributed by atoms with Gasteiger partial charge in [-0.3, -0.25) is 4.79 Å². The van der Waals surface area contributed by atoms with Crippen LogP contribution in [0.4, 0.5) is 0 Å². The summed E-state index contributed by atoms with van der Waals surface area (Å²) in [5, 5.41) is 0.336. The van der Waals surface area contributed by atoms with Crippen molar-refractivity contribution in [3.05, 3.63) is 30.0 Å². The van der Waals surface area contributed by atoms with E-state index >= 15 is 0 Å². The maximum Gasteiger partial charge on any atom is 0.263 e. The lowest BCUT2D eigenvalue weighted by Gasteiger charge is -1.96. The van der Waals surface area contributed by atoms with Crippen molar-refractivity contribution in [1.29, 1.82) is 0 Å². The van der Waals surface area contributed by atoms with Crippen LogP contribution in [-0.4, -0.2) is 19.7 Å². The van der Waals surface area contributed by atoms with Gasteiger partial charge in [0.15, 0.2) is 6.29 Å². The number of carbonyl (C=O) groups is 1. The lowest BCUT2D eigenvalue weighted by Crippen LogP contribution is -1.90. The molecule has 6 heteroatoms. The Hall–Kier alpha value is -1.33. The van der Waals surface area contributed by atoms with E-state index in [2.05, 4.69) is 4.98 Å². The monoisotopic (exact) mass is 243 g/mol. The number of aromatic amines is 1. The first-order valence-electron chi connectivity index (χ1n) is 4.04. The highest BCUT2D eigenvalue weighted by molar-refractivity contribution is 8.14.